The number of nitrogens with one attached hydrogen (secondary N) is 1. The van der Waals surface area contributed by atoms with Gasteiger partial charge in [-0.3, -0.25) is 9.59 Å². The molecule has 0 saturated carbocycles. The number of hydrogen-bond donors (Lipinski definition) is 2. The molecule has 0 spiro atoms. The van der Waals surface area contributed by atoms with E-state index in [4.69, 9.17) is 14.2 Å². The Hall–Kier alpha value is -3.85. The summed E-state index contributed by atoms with van der Waals surface area (Å²) in [7, 11) is 3.00. The molecule has 168 valence electrons. The molecule has 0 saturated heterocycles. The highest BCUT2D eigenvalue weighted by Gasteiger charge is 2.13. The predicted octanol–water partition coefficient (Wildman–Crippen LogP) is 2.71. The maximum atomic E-state index is 13.0. The van der Waals surface area contributed by atoms with E-state index in [9.17, 15) is 19.1 Å². The number of benzene rings is 2. The number of methoxy groups -OCH3 is 2. The van der Waals surface area contributed by atoms with E-state index in [0.717, 1.165) is 0 Å². The first-order valence-electron chi connectivity index (χ1n) is 9.67. The third-order valence-electron chi connectivity index (χ3n) is 4.65. The van der Waals surface area contributed by atoms with E-state index < -0.39 is 17.9 Å². The molecule has 0 bridgehead atoms. The monoisotopic (exact) mass is 442 g/mol. The van der Waals surface area contributed by atoms with E-state index in [2.05, 4.69) is 5.32 Å². The number of nitrogens with zero attached hydrogens (tertiary/aromatic N) is 1. The van der Waals surface area contributed by atoms with Gasteiger partial charge in [-0.25, -0.2) is 4.39 Å². The third kappa shape index (κ3) is 5.64. The molecule has 0 fully saturated rings. The molecule has 1 heterocycles. The van der Waals surface area contributed by atoms with Crippen molar-refractivity contribution in [2.24, 2.45) is 0 Å². The van der Waals surface area contributed by atoms with Crippen LogP contribution in [0.5, 0.6) is 17.2 Å². The number of amides is 1. The Bertz CT molecular complexity index is 1140. The Morgan fingerprint density at radius 2 is 1.81 bits per heavy atom. The average molecular weight is 442 g/mol. The molecule has 8 nitrogen and oxygen atoms in total. The van der Waals surface area contributed by atoms with Gasteiger partial charge in [0.25, 0.3) is 0 Å². The number of carbonyl (C=O) groups excluding carboxylic acids is 1. The molecular formula is C23H23FN2O6. The van der Waals surface area contributed by atoms with E-state index >= 15 is 0 Å². The van der Waals surface area contributed by atoms with Crippen LogP contribution < -0.4 is 25.0 Å². The Morgan fingerprint density at radius 3 is 2.47 bits per heavy atom. The summed E-state index contributed by atoms with van der Waals surface area (Å²) < 4.78 is 30.4. The van der Waals surface area contributed by atoms with Crippen LogP contribution in [-0.2, 0) is 24.6 Å². The topological polar surface area (TPSA) is 99.0 Å². The first kappa shape index (κ1) is 22.8. The maximum absolute atomic E-state index is 13.0. The lowest BCUT2D eigenvalue weighted by Crippen LogP contribution is -2.23. The second-order valence-corrected chi connectivity index (χ2v) is 6.81. The van der Waals surface area contributed by atoms with Gasteiger partial charge in [-0.05, 0) is 29.8 Å². The summed E-state index contributed by atoms with van der Waals surface area (Å²) in [4.78, 5) is 24.9. The van der Waals surface area contributed by atoms with Crippen molar-refractivity contribution in [3.63, 3.8) is 0 Å². The number of aliphatic hydroxyl groups excluding tert-OH is 1. The van der Waals surface area contributed by atoms with E-state index in [1.165, 1.54) is 43.2 Å². The van der Waals surface area contributed by atoms with Crippen molar-refractivity contribution in [1.82, 2.24) is 4.57 Å². The van der Waals surface area contributed by atoms with Crippen LogP contribution in [0.4, 0.5) is 10.1 Å². The van der Waals surface area contributed by atoms with Gasteiger partial charge in [0.2, 0.25) is 11.3 Å². The number of rotatable bonds is 9. The second-order valence-electron chi connectivity index (χ2n) is 6.81. The van der Waals surface area contributed by atoms with Crippen LogP contribution in [0.25, 0.3) is 0 Å². The van der Waals surface area contributed by atoms with Crippen molar-refractivity contribution < 1.29 is 28.5 Å². The van der Waals surface area contributed by atoms with E-state index in [1.807, 2.05) is 0 Å². The molecule has 2 N–H and O–H groups in total. The molecule has 3 rings (SSSR count). The summed E-state index contributed by atoms with van der Waals surface area (Å²) in [5.41, 5.74) is 0.927. The van der Waals surface area contributed by atoms with E-state index in [-0.39, 0.29) is 30.4 Å². The van der Waals surface area contributed by atoms with Gasteiger partial charge in [-0.15, -0.1) is 0 Å². The molecule has 2 aromatic carbocycles. The SMILES string of the molecule is COc1ccc(NC(=O)Cn2cc(OCc3ccc(F)cc3)c(=O)cc2CO)c(OC)c1. The summed E-state index contributed by atoms with van der Waals surface area (Å²) >= 11 is 0. The summed E-state index contributed by atoms with van der Waals surface area (Å²) in [5.74, 6) is 0.217. The molecule has 0 unspecified atom stereocenters. The standard InChI is InChI=1S/C23H23FN2O6/c1-30-18-7-8-19(21(10-18)31-2)25-23(29)12-26-11-22(20(28)9-17(26)13-27)32-14-15-3-5-16(24)6-4-15/h3-11,27H,12-14H2,1-2H3,(H,25,29). The number of pyridine rings is 1. The first-order chi connectivity index (χ1) is 15.4. The Kier molecular flexibility index (Phi) is 7.45. The summed E-state index contributed by atoms with van der Waals surface area (Å²) in [5, 5.41) is 12.3. The molecule has 0 aliphatic heterocycles. The third-order valence-corrected chi connectivity index (χ3v) is 4.65. The molecule has 0 radical (unpaired) electrons. The number of aromatic nitrogens is 1. The molecule has 9 heteroatoms. The highest BCUT2D eigenvalue weighted by Crippen LogP contribution is 2.29. The quantitative estimate of drug-likeness (QED) is 0.529. The van der Waals surface area contributed by atoms with Crippen LogP contribution >= 0.6 is 0 Å². The van der Waals surface area contributed by atoms with Crippen molar-refractivity contribution in [2.75, 3.05) is 19.5 Å². The minimum absolute atomic E-state index is 0.00125. The largest absolute Gasteiger partial charge is 0.497 e. The van der Waals surface area contributed by atoms with Crippen molar-refractivity contribution in [3.8, 4) is 17.2 Å². The Balaban J connectivity index is 1.76. The van der Waals surface area contributed by atoms with Gasteiger partial charge in [0.15, 0.2) is 5.75 Å². The van der Waals surface area contributed by atoms with Crippen molar-refractivity contribution in [1.29, 1.82) is 0 Å². The molecule has 0 aliphatic rings. The van der Waals surface area contributed by atoms with Crippen molar-refractivity contribution in [3.05, 3.63) is 82.0 Å². The van der Waals surface area contributed by atoms with Crippen LogP contribution in [-0.4, -0.2) is 29.8 Å². The molecular weight excluding hydrogens is 419 g/mol. The average Bonchev–Trinajstić information content (AvgIpc) is 2.80. The van der Waals surface area contributed by atoms with Gasteiger partial charge in [-0.2, -0.15) is 0 Å². The molecule has 0 atom stereocenters. The smallest absolute Gasteiger partial charge is 0.244 e. The fourth-order valence-corrected chi connectivity index (χ4v) is 2.97. The molecule has 3 aromatic rings. The number of halogens is 1. The summed E-state index contributed by atoms with van der Waals surface area (Å²) in [6.45, 7) is -0.575. The Labute approximate surface area is 183 Å². The molecule has 1 aromatic heterocycles. The predicted molar refractivity (Wildman–Crippen MR) is 116 cm³/mol. The van der Waals surface area contributed by atoms with Gasteiger partial charge in [-0.1, -0.05) is 12.1 Å². The van der Waals surface area contributed by atoms with Gasteiger partial charge in [0.05, 0.1) is 32.7 Å². The van der Waals surface area contributed by atoms with Crippen LogP contribution in [0.2, 0.25) is 0 Å². The van der Waals surface area contributed by atoms with Gasteiger partial charge >= 0.3 is 0 Å². The summed E-state index contributed by atoms with van der Waals surface area (Å²) in [6.07, 6.45) is 1.36. The fraction of sp³-hybridized carbons (Fsp3) is 0.217. The van der Waals surface area contributed by atoms with E-state index in [1.54, 1.807) is 30.3 Å². The van der Waals surface area contributed by atoms with Crippen LogP contribution in [0, 0.1) is 5.82 Å². The fourth-order valence-electron chi connectivity index (χ4n) is 2.97. The number of ether oxygens (including phenoxy) is 3. The lowest BCUT2D eigenvalue weighted by Gasteiger charge is -2.16. The zero-order chi connectivity index (χ0) is 23.1. The normalized spacial score (nSPS) is 10.5. The second kappa shape index (κ2) is 10.5. The molecule has 1 amide bonds. The molecule has 32 heavy (non-hydrogen) atoms. The zero-order valence-electron chi connectivity index (χ0n) is 17.6. The first-order valence-corrected chi connectivity index (χ1v) is 9.67. The van der Waals surface area contributed by atoms with Crippen molar-refractivity contribution in [2.45, 2.75) is 19.8 Å². The highest BCUT2D eigenvalue weighted by molar-refractivity contribution is 5.92. The van der Waals surface area contributed by atoms with Crippen LogP contribution in [0.3, 0.4) is 0 Å². The van der Waals surface area contributed by atoms with Crippen molar-refractivity contribution >= 4 is 11.6 Å². The van der Waals surface area contributed by atoms with Gasteiger partial charge < -0.3 is 29.2 Å². The zero-order valence-corrected chi connectivity index (χ0v) is 17.6. The number of anilines is 1. The van der Waals surface area contributed by atoms with Gasteiger partial charge in [0.1, 0.15) is 30.5 Å². The highest BCUT2D eigenvalue weighted by atomic mass is 19.1. The lowest BCUT2D eigenvalue weighted by atomic mass is 10.2. The lowest BCUT2D eigenvalue weighted by molar-refractivity contribution is -0.116. The van der Waals surface area contributed by atoms with Gasteiger partial charge in [0, 0.05) is 17.8 Å². The summed E-state index contributed by atoms with van der Waals surface area (Å²) in [6, 6.07) is 11.9. The maximum Gasteiger partial charge on any atom is 0.244 e. The minimum atomic E-state index is -0.440. The number of aliphatic hydroxyl groups is 1. The minimum Gasteiger partial charge on any atom is -0.497 e. The number of carbonyl (C=O) groups is 1. The molecule has 0 aliphatic carbocycles. The van der Waals surface area contributed by atoms with E-state index in [0.29, 0.717) is 22.7 Å². The number of hydrogen-bond acceptors (Lipinski definition) is 6. The van der Waals surface area contributed by atoms with Crippen LogP contribution in [0.15, 0.2) is 59.5 Å². The van der Waals surface area contributed by atoms with Crippen LogP contribution in [0.1, 0.15) is 11.3 Å². The Morgan fingerprint density at radius 1 is 1.06 bits per heavy atom.